The van der Waals surface area contributed by atoms with Crippen molar-refractivity contribution >= 4 is 22.9 Å². The summed E-state index contributed by atoms with van der Waals surface area (Å²) in [5.74, 6) is 1.36. The largest absolute Gasteiger partial charge is 1.00 e. The Bertz CT molecular complexity index is 1090. The summed E-state index contributed by atoms with van der Waals surface area (Å²) < 4.78 is 13.7. The molecule has 5 nitrogen and oxygen atoms in total. The van der Waals surface area contributed by atoms with Gasteiger partial charge in [0.05, 0.1) is 25.5 Å². The Kier molecular flexibility index (Phi) is 17.3. The van der Waals surface area contributed by atoms with Crippen molar-refractivity contribution in [1.29, 1.82) is 0 Å². The highest BCUT2D eigenvalue weighted by Gasteiger charge is 2.11. The SMILES string of the molecule is CCCCCCCCCCCCCCOc1ccc(CC(=O)Nc2cccc(C[n+]3ccsc3)c2)cc1OC.[Br-]. The van der Waals surface area contributed by atoms with E-state index in [0.717, 1.165) is 35.5 Å². The Morgan fingerprint density at radius 1 is 0.850 bits per heavy atom. The molecule has 1 aromatic heterocycles. The van der Waals surface area contributed by atoms with Crippen LogP contribution in [0.4, 0.5) is 5.69 Å². The quantitative estimate of drug-likeness (QED) is 0.135. The van der Waals surface area contributed by atoms with Gasteiger partial charge in [-0.25, -0.2) is 0 Å². The van der Waals surface area contributed by atoms with Crippen LogP contribution in [0.2, 0.25) is 0 Å². The van der Waals surface area contributed by atoms with E-state index in [1.165, 1.54) is 70.6 Å². The van der Waals surface area contributed by atoms with Gasteiger partial charge in [0.25, 0.3) is 0 Å². The van der Waals surface area contributed by atoms with Gasteiger partial charge in [-0.3, -0.25) is 4.79 Å². The molecule has 3 aromatic rings. The van der Waals surface area contributed by atoms with Gasteiger partial charge in [-0.1, -0.05) is 107 Å². The number of methoxy groups -OCH3 is 1. The summed E-state index contributed by atoms with van der Waals surface area (Å²) in [5, 5.41) is 5.08. The summed E-state index contributed by atoms with van der Waals surface area (Å²) >= 11 is 1.66. The molecule has 40 heavy (non-hydrogen) atoms. The number of rotatable bonds is 20. The normalized spacial score (nSPS) is 10.7. The predicted molar refractivity (Wildman–Crippen MR) is 162 cm³/mol. The van der Waals surface area contributed by atoms with Gasteiger partial charge < -0.3 is 31.8 Å². The molecular weight excluding hydrogens is 584 g/mol. The fourth-order valence-electron chi connectivity index (χ4n) is 4.77. The van der Waals surface area contributed by atoms with Crippen molar-refractivity contribution in [2.24, 2.45) is 0 Å². The van der Waals surface area contributed by atoms with E-state index in [4.69, 9.17) is 9.47 Å². The number of hydrogen-bond donors (Lipinski definition) is 1. The number of aromatic nitrogens is 1. The number of ether oxygens (including phenoxy) is 2. The van der Waals surface area contributed by atoms with Gasteiger partial charge in [-0.05, 0) is 36.2 Å². The summed E-state index contributed by atoms with van der Waals surface area (Å²) in [5.41, 5.74) is 4.92. The van der Waals surface area contributed by atoms with Crippen LogP contribution in [-0.2, 0) is 17.8 Å². The number of hydrogen-bond acceptors (Lipinski definition) is 4. The van der Waals surface area contributed by atoms with E-state index in [2.05, 4.69) is 40.0 Å². The number of carbonyl (C=O) groups is 1. The topological polar surface area (TPSA) is 51.4 Å². The summed E-state index contributed by atoms with van der Waals surface area (Å²) in [6, 6.07) is 13.8. The summed E-state index contributed by atoms with van der Waals surface area (Å²) in [6.45, 7) is 3.74. The molecule has 1 heterocycles. The van der Waals surface area contributed by atoms with Crippen molar-refractivity contribution in [2.45, 2.75) is 96.9 Å². The second-order valence-electron chi connectivity index (χ2n) is 10.3. The maximum atomic E-state index is 12.7. The fraction of sp³-hybridized carbons (Fsp3) is 0.515. The van der Waals surface area contributed by atoms with Gasteiger partial charge in [-0.2, -0.15) is 4.57 Å². The lowest BCUT2D eigenvalue weighted by Gasteiger charge is -2.12. The molecule has 0 saturated heterocycles. The Morgan fingerprint density at radius 2 is 1.55 bits per heavy atom. The van der Waals surface area contributed by atoms with E-state index in [1.807, 2.05) is 36.4 Å². The first-order chi connectivity index (χ1) is 19.2. The number of anilines is 1. The molecule has 0 aliphatic heterocycles. The molecule has 1 N–H and O–H groups in total. The van der Waals surface area contributed by atoms with Gasteiger partial charge in [0.2, 0.25) is 11.4 Å². The lowest BCUT2D eigenvalue weighted by atomic mass is 10.1. The highest BCUT2D eigenvalue weighted by Crippen LogP contribution is 2.29. The minimum atomic E-state index is -0.0532. The smallest absolute Gasteiger partial charge is 0.228 e. The molecule has 2 aromatic carbocycles. The van der Waals surface area contributed by atoms with Gasteiger partial charge in [0, 0.05) is 11.3 Å². The van der Waals surface area contributed by atoms with Crippen LogP contribution in [0.5, 0.6) is 11.5 Å². The van der Waals surface area contributed by atoms with Crippen LogP contribution < -0.4 is 36.3 Å². The number of amides is 1. The minimum Gasteiger partial charge on any atom is -1.00 e. The zero-order valence-corrected chi connectivity index (χ0v) is 26.7. The molecule has 0 unspecified atom stereocenters. The fourth-order valence-corrected chi connectivity index (χ4v) is 5.36. The Balaban J connectivity index is 0.00000560. The Morgan fingerprint density at radius 3 is 2.20 bits per heavy atom. The third kappa shape index (κ3) is 13.3. The number of unbranched alkanes of at least 4 members (excludes halogenated alkanes) is 11. The number of benzene rings is 2. The molecule has 7 heteroatoms. The maximum Gasteiger partial charge on any atom is 0.228 e. The first-order valence-corrected chi connectivity index (χ1v) is 15.7. The molecule has 3 rings (SSSR count). The molecule has 0 aliphatic rings. The van der Waals surface area contributed by atoms with E-state index in [1.54, 1.807) is 18.4 Å². The third-order valence-corrected chi connectivity index (χ3v) is 7.62. The molecule has 220 valence electrons. The predicted octanol–water partition coefficient (Wildman–Crippen LogP) is 5.36. The van der Waals surface area contributed by atoms with Gasteiger partial charge in [-0.15, -0.1) is 0 Å². The van der Waals surface area contributed by atoms with Gasteiger partial charge in [0.15, 0.2) is 24.2 Å². The van der Waals surface area contributed by atoms with Crippen LogP contribution in [0.15, 0.2) is 59.6 Å². The number of thiazole rings is 1. The number of nitrogens with one attached hydrogen (secondary N) is 1. The molecule has 0 atom stereocenters. The van der Waals surface area contributed by atoms with Crippen molar-refractivity contribution < 1.29 is 35.8 Å². The van der Waals surface area contributed by atoms with Crippen molar-refractivity contribution in [3.8, 4) is 11.5 Å². The van der Waals surface area contributed by atoms with Crippen LogP contribution in [0.3, 0.4) is 0 Å². The lowest BCUT2D eigenvalue weighted by Crippen LogP contribution is -3.00. The molecule has 1 amide bonds. The maximum absolute atomic E-state index is 12.7. The molecule has 0 aliphatic carbocycles. The van der Waals surface area contributed by atoms with Crippen LogP contribution in [-0.4, -0.2) is 19.6 Å². The molecule has 0 saturated carbocycles. The van der Waals surface area contributed by atoms with Crippen LogP contribution in [0.25, 0.3) is 0 Å². The minimum absolute atomic E-state index is 0. The second kappa shape index (κ2) is 20.5. The zero-order valence-electron chi connectivity index (χ0n) is 24.3. The zero-order chi connectivity index (χ0) is 27.5. The van der Waals surface area contributed by atoms with Gasteiger partial charge >= 0.3 is 0 Å². The van der Waals surface area contributed by atoms with E-state index in [0.29, 0.717) is 12.4 Å². The summed E-state index contributed by atoms with van der Waals surface area (Å²) in [6.07, 6.45) is 18.3. The van der Waals surface area contributed by atoms with Crippen molar-refractivity contribution in [2.75, 3.05) is 19.0 Å². The summed E-state index contributed by atoms with van der Waals surface area (Å²) in [4.78, 5) is 12.7. The van der Waals surface area contributed by atoms with E-state index in [9.17, 15) is 4.79 Å². The number of halogens is 1. The average Bonchev–Trinajstić information content (AvgIpc) is 3.45. The van der Waals surface area contributed by atoms with Crippen molar-refractivity contribution in [3.63, 3.8) is 0 Å². The number of carbonyl (C=O) groups excluding carboxylic acids is 1. The van der Waals surface area contributed by atoms with Gasteiger partial charge in [0.1, 0.15) is 0 Å². The van der Waals surface area contributed by atoms with E-state index < -0.39 is 0 Å². The van der Waals surface area contributed by atoms with Crippen LogP contribution >= 0.6 is 11.3 Å². The summed E-state index contributed by atoms with van der Waals surface area (Å²) in [7, 11) is 1.65. The molecule has 0 radical (unpaired) electrons. The standard InChI is InChI=1S/C33H46N2O3S.BrH/c1-3-4-5-6-7-8-9-10-11-12-13-14-21-38-31-19-18-28(24-32(31)37-2)25-33(36)34-30-17-15-16-29(23-30)26-35-20-22-39-27-35;/h15-20,22-24,27H,3-14,21,25-26H2,1-2H3;1H. The Hall–Kier alpha value is -2.38. The molecule has 0 fully saturated rings. The lowest BCUT2D eigenvalue weighted by molar-refractivity contribution is -0.683. The van der Waals surface area contributed by atoms with Crippen LogP contribution in [0.1, 0.15) is 95.1 Å². The third-order valence-electron chi connectivity index (χ3n) is 6.95. The van der Waals surface area contributed by atoms with Crippen molar-refractivity contribution in [3.05, 3.63) is 70.7 Å². The first-order valence-electron chi connectivity index (χ1n) is 14.8. The first kappa shape index (κ1) is 33.8. The Labute approximate surface area is 256 Å². The monoisotopic (exact) mass is 630 g/mol. The second-order valence-corrected chi connectivity index (χ2v) is 11.1. The molecule has 0 bridgehead atoms. The highest BCUT2D eigenvalue weighted by atomic mass is 79.9. The highest BCUT2D eigenvalue weighted by molar-refractivity contribution is 7.07. The van der Waals surface area contributed by atoms with Crippen LogP contribution in [0, 0.1) is 0 Å². The average molecular weight is 632 g/mol. The number of nitrogens with zero attached hydrogens (tertiary/aromatic N) is 1. The molecule has 0 spiro atoms. The van der Waals surface area contributed by atoms with Crippen molar-refractivity contribution in [1.82, 2.24) is 0 Å². The molecular formula is C33H47BrN2O3S. The van der Waals surface area contributed by atoms with E-state index >= 15 is 0 Å². The van der Waals surface area contributed by atoms with E-state index in [-0.39, 0.29) is 29.3 Å².